The Morgan fingerprint density at radius 2 is 1.81 bits per heavy atom. The number of benzene rings is 1. The molecular formula is C21H28N2O4. The van der Waals surface area contributed by atoms with E-state index < -0.39 is 6.04 Å². The van der Waals surface area contributed by atoms with Gasteiger partial charge in [0.05, 0.1) is 13.2 Å². The molecule has 27 heavy (non-hydrogen) atoms. The largest absolute Gasteiger partial charge is 0.494 e. The fourth-order valence-corrected chi connectivity index (χ4v) is 2.73. The van der Waals surface area contributed by atoms with E-state index in [1.165, 1.54) is 0 Å². The molecule has 0 saturated carbocycles. The molecule has 6 heteroatoms. The predicted octanol–water partition coefficient (Wildman–Crippen LogP) is 3.40. The van der Waals surface area contributed by atoms with Gasteiger partial charge in [0.15, 0.2) is 0 Å². The number of nitrogens with one attached hydrogen (secondary N) is 1. The molecule has 2 rings (SSSR count). The molecule has 2 aromatic rings. The van der Waals surface area contributed by atoms with Crippen LogP contribution in [0, 0.1) is 12.8 Å². The molecule has 0 saturated heterocycles. The maximum absolute atomic E-state index is 12.9. The van der Waals surface area contributed by atoms with Crippen molar-refractivity contribution in [1.29, 1.82) is 0 Å². The molecule has 2 amide bonds. The highest BCUT2D eigenvalue weighted by atomic mass is 16.5. The zero-order valence-electron chi connectivity index (χ0n) is 16.6. The second-order valence-corrected chi connectivity index (χ2v) is 6.86. The van der Waals surface area contributed by atoms with Gasteiger partial charge in [-0.15, -0.1) is 0 Å². The zero-order chi connectivity index (χ0) is 20.0. The predicted molar refractivity (Wildman–Crippen MR) is 104 cm³/mol. The van der Waals surface area contributed by atoms with Gasteiger partial charge in [-0.05, 0) is 56.2 Å². The van der Waals surface area contributed by atoms with Gasteiger partial charge in [0.1, 0.15) is 23.3 Å². The number of hydrogen-bond acceptors (Lipinski definition) is 4. The molecule has 0 radical (unpaired) electrons. The van der Waals surface area contributed by atoms with Crippen molar-refractivity contribution in [2.45, 2.75) is 40.3 Å². The van der Waals surface area contributed by atoms with Crippen molar-refractivity contribution in [3.63, 3.8) is 0 Å². The van der Waals surface area contributed by atoms with Crippen LogP contribution in [0.4, 0.5) is 0 Å². The monoisotopic (exact) mass is 372 g/mol. The summed E-state index contributed by atoms with van der Waals surface area (Å²) in [6.07, 6.45) is 0. The molecule has 1 heterocycles. The normalized spacial score (nSPS) is 11.9. The van der Waals surface area contributed by atoms with E-state index in [4.69, 9.17) is 9.15 Å². The first-order valence-corrected chi connectivity index (χ1v) is 9.15. The summed E-state index contributed by atoms with van der Waals surface area (Å²) in [7, 11) is 1.71. The van der Waals surface area contributed by atoms with E-state index in [1.54, 1.807) is 36.2 Å². The molecule has 0 aliphatic rings. The van der Waals surface area contributed by atoms with Crippen molar-refractivity contribution in [3.8, 4) is 5.75 Å². The first-order chi connectivity index (χ1) is 12.8. The van der Waals surface area contributed by atoms with Crippen molar-refractivity contribution < 1.29 is 18.7 Å². The van der Waals surface area contributed by atoms with Crippen LogP contribution >= 0.6 is 0 Å². The highest BCUT2D eigenvalue weighted by molar-refractivity contribution is 5.97. The summed E-state index contributed by atoms with van der Waals surface area (Å²) in [6.45, 7) is 8.50. The Bertz CT molecular complexity index is 765. The number of ether oxygens (including phenoxy) is 1. The van der Waals surface area contributed by atoms with Crippen LogP contribution in [-0.2, 0) is 11.3 Å². The summed E-state index contributed by atoms with van der Waals surface area (Å²) in [5.74, 6) is 1.73. The lowest BCUT2D eigenvalue weighted by molar-refractivity contribution is -0.133. The molecule has 1 aromatic heterocycles. The quantitative estimate of drug-likeness (QED) is 0.771. The number of carbonyl (C=O) groups excluding carboxylic acids is 2. The molecular weight excluding hydrogens is 344 g/mol. The summed E-state index contributed by atoms with van der Waals surface area (Å²) in [4.78, 5) is 27.0. The van der Waals surface area contributed by atoms with Gasteiger partial charge in [-0.25, -0.2) is 0 Å². The van der Waals surface area contributed by atoms with E-state index in [9.17, 15) is 9.59 Å². The molecule has 0 fully saturated rings. The van der Waals surface area contributed by atoms with Crippen LogP contribution in [0.15, 0.2) is 40.8 Å². The van der Waals surface area contributed by atoms with Crippen LogP contribution in [0.5, 0.6) is 5.75 Å². The van der Waals surface area contributed by atoms with Gasteiger partial charge in [-0.1, -0.05) is 13.8 Å². The maximum Gasteiger partial charge on any atom is 0.251 e. The van der Waals surface area contributed by atoms with E-state index in [0.29, 0.717) is 30.2 Å². The third-order valence-corrected chi connectivity index (χ3v) is 4.21. The van der Waals surface area contributed by atoms with Crippen LogP contribution in [0.2, 0.25) is 0 Å². The summed E-state index contributed by atoms with van der Waals surface area (Å²) in [5, 5.41) is 2.85. The Kier molecular flexibility index (Phi) is 7.05. The van der Waals surface area contributed by atoms with Gasteiger partial charge in [0.25, 0.3) is 5.91 Å². The number of likely N-dealkylation sites (N-methyl/N-ethyl adjacent to an activating group) is 1. The lowest BCUT2D eigenvalue weighted by Gasteiger charge is -2.26. The molecule has 0 aliphatic carbocycles. The molecule has 1 unspecified atom stereocenters. The van der Waals surface area contributed by atoms with Gasteiger partial charge in [0, 0.05) is 12.6 Å². The maximum atomic E-state index is 12.9. The molecule has 0 spiro atoms. The van der Waals surface area contributed by atoms with Crippen LogP contribution in [0.1, 0.15) is 42.6 Å². The van der Waals surface area contributed by atoms with Gasteiger partial charge >= 0.3 is 0 Å². The molecule has 0 aliphatic heterocycles. The van der Waals surface area contributed by atoms with Gasteiger partial charge in [0.2, 0.25) is 5.91 Å². The lowest BCUT2D eigenvalue weighted by atomic mass is 10.0. The minimum Gasteiger partial charge on any atom is -0.494 e. The van der Waals surface area contributed by atoms with E-state index >= 15 is 0 Å². The first kappa shape index (κ1) is 20.6. The van der Waals surface area contributed by atoms with Crippen LogP contribution in [0.25, 0.3) is 0 Å². The van der Waals surface area contributed by atoms with E-state index in [2.05, 4.69) is 5.32 Å². The average molecular weight is 372 g/mol. The van der Waals surface area contributed by atoms with Crippen LogP contribution in [0.3, 0.4) is 0 Å². The average Bonchev–Trinajstić information content (AvgIpc) is 3.04. The number of aryl methyl sites for hydroxylation is 1. The standard InChI is InChI=1S/C21H28N2O4/c1-6-26-17-11-8-16(9-12-17)20(24)22-19(14(2)3)21(25)23(5)13-18-10-7-15(4)27-18/h7-12,14,19H,6,13H2,1-5H3,(H,22,24). The number of nitrogens with zero attached hydrogens (tertiary/aromatic N) is 1. The van der Waals surface area contributed by atoms with Crippen molar-refractivity contribution in [1.82, 2.24) is 10.2 Å². The number of furan rings is 1. The smallest absolute Gasteiger partial charge is 0.251 e. The van der Waals surface area contributed by atoms with Crippen LogP contribution in [-0.4, -0.2) is 36.4 Å². The second kappa shape index (κ2) is 9.26. The fourth-order valence-electron chi connectivity index (χ4n) is 2.73. The summed E-state index contributed by atoms with van der Waals surface area (Å²) >= 11 is 0. The van der Waals surface area contributed by atoms with E-state index in [0.717, 1.165) is 5.76 Å². The SMILES string of the molecule is CCOc1ccc(C(=O)NC(C(=O)N(C)Cc2ccc(C)o2)C(C)C)cc1. The molecule has 1 N–H and O–H groups in total. The van der Waals surface area contributed by atoms with Crippen molar-refractivity contribution >= 4 is 11.8 Å². The Labute approximate surface area is 160 Å². The molecule has 1 atom stereocenters. The Morgan fingerprint density at radius 1 is 1.15 bits per heavy atom. The summed E-state index contributed by atoms with van der Waals surface area (Å²) in [6, 6.07) is 9.97. The third kappa shape index (κ3) is 5.61. The molecule has 1 aromatic carbocycles. The first-order valence-electron chi connectivity index (χ1n) is 9.15. The van der Waals surface area contributed by atoms with Gasteiger partial charge in [-0.3, -0.25) is 9.59 Å². The van der Waals surface area contributed by atoms with Crippen molar-refractivity contribution in [2.24, 2.45) is 5.92 Å². The molecule has 0 bridgehead atoms. The van der Waals surface area contributed by atoms with Gasteiger partial charge in [-0.2, -0.15) is 0 Å². The molecule has 146 valence electrons. The number of carbonyl (C=O) groups is 2. The second-order valence-electron chi connectivity index (χ2n) is 6.86. The highest BCUT2D eigenvalue weighted by Gasteiger charge is 2.27. The number of amides is 2. The molecule has 6 nitrogen and oxygen atoms in total. The topological polar surface area (TPSA) is 71.8 Å². The number of hydrogen-bond donors (Lipinski definition) is 1. The van der Waals surface area contributed by atoms with Gasteiger partial charge < -0.3 is 19.4 Å². The highest BCUT2D eigenvalue weighted by Crippen LogP contribution is 2.15. The van der Waals surface area contributed by atoms with E-state index in [1.807, 2.05) is 39.8 Å². The Morgan fingerprint density at radius 3 is 2.33 bits per heavy atom. The number of rotatable bonds is 8. The third-order valence-electron chi connectivity index (χ3n) is 4.21. The van der Waals surface area contributed by atoms with Crippen LogP contribution < -0.4 is 10.1 Å². The summed E-state index contributed by atoms with van der Waals surface area (Å²) < 4.78 is 10.9. The Balaban J connectivity index is 2.04. The minimum atomic E-state index is -0.620. The van der Waals surface area contributed by atoms with E-state index in [-0.39, 0.29) is 17.7 Å². The Hall–Kier alpha value is -2.76. The van der Waals surface area contributed by atoms with Crippen molar-refractivity contribution in [3.05, 3.63) is 53.5 Å². The van der Waals surface area contributed by atoms with Crippen molar-refractivity contribution in [2.75, 3.05) is 13.7 Å². The fraction of sp³-hybridized carbons (Fsp3) is 0.429. The minimum absolute atomic E-state index is 0.0510. The zero-order valence-corrected chi connectivity index (χ0v) is 16.6. The lowest BCUT2D eigenvalue weighted by Crippen LogP contribution is -2.50. The summed E-state index contributed by atoms with van der Waals surface area (Å²) in [5.41, 5.74) is 0.487.